The van der Waals surface area contributed by atoms with Gasteiger partial charge < -0.3 is 0 Å². The Labute approximate surface area is 39.9 Å². The molecule has 6 heavy (non-hydrogen) atoms. The quantitative estimate of drug-likeness (QED) is 0.281. The van der Waals surface area contributed by atoms with Crippen LogP contribution in [-0.2, 0) is 9.05 Å². The zero-order valence-corrected chi connectivity index (χ0v) is 4.60. The fourth-order valence-electron chi connectivity index (χ4n) is 0.0821. The van der Waals surface area contributed by atoms with Crippen LogP contribution >= 0.6 is 9.03 Å². The number of hydrogen-bond donors (Lipinski definition) is 0. The summed E-state index contributed by atoms with van der Waals surface area (Å²) >= 11 is 0. The summed E-state index contributed by atoms with van der Waals surface area (Å²) in [6.45, 7) is 0. The average Bonchev–Trinajstić information content (AvgIpc) is 1.61. The Hall–Kier alpha value is 0.125. The predicted molar refractivity (Wildman–Crippen MR) is 29.6 cm³/mol. The first kappa shape index (κ1) is 6.12. The van der Waals surface area contributed by atoms with Gasteiger partial charge in [-0.25, -0.2) is 0 Å². The normalized spacial score (nSPS) is 9.33. The van der Waals surface area contributed by atoms with Crippen LogP contribution in [0.5, 0.6) is 0 Å². The van der Waals surface area contributed by atoms with E-state index in [1.807, 2.05) is 0 Å². The summed E-state index contributed by atoms with van der Waals surface area (Å²) < 4.78 is 9.07. The number of hydrogen-bond acceptors (Lipinski definition) is 2. The van der Waals surface area contributed by atoms with Crippen molar-refractivity contribution in [3.63, 3.8) is 0 Å². The molecule has 0 fully saturated rings. The Bertz CT molecular complexity index is 40.5. The summed E-state index contributed by atoms with van der Waals surface area (Å²) in [7, 11) is 4.97. The van der Waals surface area contributed by atoms with Crippen LogP contribution in [0.25, 0.3) is 0 Å². The molecule has 1 atom stereocenters. The van der Waals surface area contributed by atoms with Crippen LogP contribution in [0.1, 0.15) is 0 Å². The molecule has 34 valence electrons. The van der Waals surface area contributed by atoms with Crippen LogP contribution in [0.15, 0.2) is 0 Å². The van der Waals surface area contributed by atoms with E-state index in [0.717, 1.165) is 0 Å². The Morgan fingerprint density at radius 2 is 2.50 bits per heavy atom. The molecule has 0 aromatic carbocycles. The molecule has 0 aliphatic rings. The van der Waals surface area contributed by atoms with E-state index in [0.29, 0.717) is 0 Å². The van der Waals surface area contributed by atoms with E-state index in [1.165, 1.54) is 6.15 Å². The van der Waals surface area contributed by atoms with Gasteiger partial charge in [-0.15, -0.1) is 0 Å². The predicted octanol–water partition coefficient (Wildman–Crippen LogP) is -0.182. The second-order valence-corrected chi connectivity index (χ2v) is 1.38. The molecule has 0 bridgehead atoms. The fourth-order valence-corrected chi connectivity index (χ4v) is 0.246. The van der Waals surface area contributed by atoms with Crippen LogP contribution in [0.3, 0.4) is 0 Å². The third-order valence-electron chi connectivity index (χ3n) is 0.215. The van der Waals surface area contributed by atoms with Gasteiger partial charge in [-0.1, -0.05) is 0 Å². The molecule has 0 amide bonds. The van der Waals surface area contributed by atoms with Gasteiger partial charge in [0.05, 0.1) is 0 Å². The summed E-state index contributed by atoms with van der Waals surface area (Å²) in [5.41, 5.74) is 0. The zero-order valence-electron chi connectivity index (χ0n) is 3.60. The number of rotatable bonds is 3. The van der Waals surface area contributed by atoms with Gasteiger partial charge in [0.2, 0.25) is 0 Å². The van der Waals surface area contributed by atoms with Crippen molar-refractivity contribution in [2.75, 3.05) is 7.11 Å². The van der Waals surface area contributed by atoms with E-state index < -0.39 is 0 Å². The average molecular weight is 104 g/mol. The van der Waals surface area contributed by atoms with Crippen LogP contribution in [-0.4, -0.2) is 20.7 Å². The van der Waals surface area contributed by atoms with E-state index in [1.54, 1.807) is 7.11 Å². The minimum absolute atomic E-state index is 0.0968. The van der Waals surface area contributed by atoms with Crippen molar-refractivity contribution in [1.82, 2.24) is 0 Å². The Morgan fingerprint density at radius 1 is 1.83 bits per heavy atom. The van der Waals surface area contributed by atoms with Gasteiger partial charge in [0.25, 0.3) is 0 Å². The van der Waals surface area contributed by atoms with Gasteiger partial charge in [-0.3, -0.25) is 0 Å². The molecular formula is C2H6BO2P. The molecule has 0 aliphatic heterocycles. The van der Waals surface area contributed by atoms with Crippen molar-refractivity contribution in [3.8, 4) is 0 Å². The second-order valence-electron chi connectivity index (χ2n) is 0.572. The summed E-state index contributed by atoms with van der Waals surface area (Å²) in [5.74, 6) is 0. The maximum atomic E-state index is 4.55. The molecule has 0 saturated heterocycles. The monoisotopic (exact) mass is 104 g/mol. The molecule has 1 unspecified atom stereocenters. The summed E-state index contributed by atoms with van der Waals surface area (Å²) in [5, 5.41) is 0. The topological polar surface area (TPSA) is 18.5 Å². The van der Waals surface area contributed by atoms with Gasteiger partial charge in [-0.2, -0.15) is 0 Å². The van der Waals surface area contributed by atoms with E-state index in [4.69, 9.17) is 0 Å². The molecule has 0 N–H and O–H groups in total. The van der Waals surface area contributed by atoms with Crippen molar-refractivity contribution in [2.45, 2.75) is 0 Å². The molecule has 0 aromatic heterocycles. The standard InChI is InChI=1S/C2H6BO2P/c1-4-6-5-2-3/h2-3,6H,1H3. The van der Waals surface area contributed by atoms with Crippen LogP contribution in [0.2, 0.25) is 0 Å². The van der Waals surface area contributed by atoms with E-state index in [9.17, 15) is 0 Å². The molecule has 0 aliphatic carbocycles. The van der Waals surface area contributed by atoms with Crippen molar-refractivity contribution in [3.05, 3.63) is 0 Å². The van der Waals surface area contributed by atoms with Crippen molar-refractivity contribution >= 4 is 22.7 Å². The minimum atomic E-state index is 0.0968. The summed E-state index contributed by atoms with van der Waals surface area (Å²) in [6.07, 6.45) is 1.35. The van der Waals surface area contributed by atoms with Crippen LogP contribution < -0.4 is 0 Å². The van der Waals surface area contributed by atoms with Crippen LogP contribution in [0.4, 0.5) is 0 Å². The molecular weight excluding hydrogens is 97.8 g/mol. The molecule has 4 heteroatoms. The van der Waals surface area contributed by atoms with E-state index in [2.05, 4.69) is 16.5 Å². The SMILES string of the molecule is B=COPOC. The maximum absolute atomic E-state index is 4.55. The summed E-state index contributed by atoms with van der Waals surface area (Å²) in [4.78, 5) is 0. The summed E-state index contributed by atoms with van der Waals surface area (Å²) in [6, 6.07) is 0. The third-order valence-corrected chi connectivity index (χ3v) is 0.644. The first-order valence-corrected chi connectivity index (χ1v) is 2.28. The molecule has 2 nitrogen and oxygen atoms in total. The fraction of sp³-hybridized carbons (Fsp3) is 0.500. The Morgan fingerprint density at radius 3 is 2.67 bits per heavy atom. The molecule has 0 heterocycles. The zero-order chi connectivity index (χ0) is 4.83. The van der Waals surface area contributed by atoms with E-state index >= 15 is 0 Å². The van der Waals surface area contributed by atoms with Crippen LogP contribution in [0, 0.1) is 0 Å². The van der Waals surface area contributed by atoms with Crippen molar-refractivity contribution < 1.29 is 9.05 Å². The molecule has 0 rings (SSSR count). The molecule has 0 spiro atoms. The third kappa shape index (κ3) is 4.12. The second kappa shape index (κ2) is 5.12. The Kier molecular flexibility index (Phi) is 5.23. The van der Waals surface area contributed by atoms with E-state index in [-0.39, 0.29) is 9.03 Å². The first-order valence-electron chi connectivity index (χ1n) is 1.46. The first-order chi connectivity index (χ1) is 2.91. The van der Waals surface area contributed by atoms with Gasteiger partial charge >= 0.3 is 38.8 Å². The van der Waals surface area contributed by atoms with Gasteiger partial charge in [0, 0.05) is 0 Å². The van der Waals surface area contributed by atoms with Gasteiger partial charge in [0.15, 0.2) is 0 Å². The molecule has 0 aromatic rings. The Balaban J connectivity index is 2.49. The molecule has 0 saturated carbocycles. The van der Waals surface area contributed by atoms with Crippen molar-refractivity contribution in [1.29, 1.82) is 0 Å². The molecule has 0 radical (unpaired) electrons. The van der Waals surface area contributed by atoms with Gasteiger partial charge in [0.1, 0.15) is 0 Å². The van der Waals surface area contributed by atoms with Gasteiger partial charge in [-0.05, 0) is 0 Å². The van der Waals surface area contributed by atoms with Crippen molar-refractivity contribution in [2.24, 2.45) is 0 Å².